The molecule has 2 aromatic carbocycles. The quantitative estimate of drug-likeness (QED) is 0.325. The van der Waals surface area contributed by atoms with Crippen LogP contribution in [-0.4, -0.2) is 65.2 Å². The van der Waals surface area contributed by atoms with Gasteiger partial charge < -0.3 is 14.2 Å². The van der Waals surface area contributed by atoms with E-state index in [4.69, 9.17) is 9.40 Å². The third kappa shape index (κ3) is 3.73. The van der Waals surface area contributed by atoms with Crippen molar-refractivity contribution in [2.75, 3.05) is 31.1 Å². The number of piperazine rings is 1. The molecule has 6 rings (SSSR count). The molecule has 1 saturated heterocycles. The van der Waals surface area contributed by atoms with Gasteiger partial charge in [0.25, 0.3) is 5.91 Å². The molecule has 10 nitrogen and oxygen atoms in total. The van der Waals surface area contributed by atoms with Crippen LogP contribution in [0.1, 0.15) is 10.6 Å². The van der Waals surface area contributed by atoms with Crippen LogP contribution in [0.4, 0.5) is 5.82 Å². The molecule has 0 aliphatic carbocycles. The molecule has 0 bridgehead atoms. The summed E-state index contributed by atoms with van der Waals surface area (Å²) in [7, 11) is -3.96. The molecule has 0 N–H and O–H groups in total. The van der Waals surface area contributed by atoms with Crippen LogP contribution in [-0.2, 0) is 9.84 Å². The number of fused-ring (bicyclic) bond motifs is 3. The van der Waals surface area contributed by atoms with E-state index in [1.54, 1.807) is 29.2 Å². The first-order chi connectivity index (χ1) is 17.4. The number of carbonyl (C=O) groups excluding carboxylic acids is 1. The zero-order valence-electron chi connectivity index (χ0n) is 18.8. The molecule has 3 aromatic heterocycles. The van der Waals surface area contributed by atoms with Crippen molar-refractivity contribution in [1.82, 2.24) is 24.7 Å². The Morgan fingerprint density at radius 3 is 2.42 bits per heavy atom. The van der Waals surface area contributed by atoms with Gasteiger partial charge in [0.2, 0.25) is 14.9 Å². The van der Waals surface area contributed by atoms with Crippen LogP contribution >= 0.6 is 15.9 Å². The second kappa shape index (κ2) is 8.71. The average molecular weight is 567 g/mol. The summed E-state index contributed by atoms with van der Waals surface area (Å²) < 4.78 is 34.4. The first-order valence-electron chi connectivity index (χ1n) is 11.2. The summed E-state index contributed by atoms with van der Waals surface area (Å²) in [6.45, 7) is 2.00. The minimum Gasteiger partial charge on any atom is -0.459 e. The molecule has 5 aromatic rings. The minimum atomic E-state index is -3.96. The molecule has 1 amide bonds. The molecule has 1 aliphatic heterocycles. The van der Waals surface area contributed by atoms with Crippen molar-refractivity contribution in [1.29, 1.82) is 0 Å². The van der Waals surface area contributed by atoms with Gasteiger partial charge in [0, 0.05) is 36.0 Å². The highest BCUT2D eigenvalue weighted by Gasteiger charge is 2.29. The number of furan rings is 1. The predicted molar refractivity (Wildman–Crippen MR) is 135 cm³/mol. The molecule has 1 fully saturated rings. The van der Waals surface area contributed by atoms with Gasteiger partial charge in [-0.1, -0.05) is 33.3 Å². The SMILES string of the molecule is O=C(c1ccco1)N1CCN(c2nc3c(S(=O)(=O)c4ccc(Br)cc4)nnn3c3ccccc23)CC1. The fourth-order valence-electron chi connectivity index (χ4n) is 4.35. The maximum Gasteiger partial charge on any atom is 0.289 e. The summed E-state index contributed by atoms with van der Waals surface area (Å²) in [6.07, 6.45) is 1.48. The summed E-state index contributed by atoms with van der Waals surface area (Å²) in [5.41, 5.74) is 0.844. The van der Waals surface area contributed by atoms with Gasteiger partial charge in [-0.25, -0.2) is 13.4 Å². The molecule has 0 atom stereocenters. The van der Waals surface area contributed by atoms with E-state index in [0.29, 0.717) is 43.3 Å². The van der Waals surface area contributed by atoms with Gasteiger partial charge in [0.15, 0.2) is 11.4 Å². The first-order valence-corrected chi connectivity index (χ1v) is 13.4. The van der Waals surface area contributed by atoms with E-state index in [2.05, 4.69) is 31.1 Å². The second-order valence-electron chi connectivity index (χ2n) is 8.30. The Labute approximate surface area is 214 Å². The number of nitrogens with zero attached hydrogens (tertiary/aromatic N) is 6. The Morgan fingerprint density at radius 2 is 1.69 bits per heavy atom. The zero-order valence-corrected chi connectivity index (χ0v) is 21.2. The summed E-state index contributed by atoms with van der Waals surface area (Å²) >= 11 is 3.33. The molecule has 0 spiro atoms. The van der Waals surface area contributed by atoms with Crippen LogP contribution in [0.5, 0.6) is 0 Å². The predicted octanol–water partition coefficient (Wildman–Crippen LogP) is 3.43. The molecular weight excluding hydrogens is 548 g/mol. The van der Waals surface area contributed by atoms with Crippen molar-refractivity contribution >= 4 is 54.0 Å². The van der Waals surface area contributed by atoms with E-state index < -0.39 is 9.84 Å². The lowest BCUT2D eigenvalue weighted by Crippen LogP contribution is -2.49. The van der Waals surface area contributed by atoms with Crippen molar-refractivity contribution in [2.24, 2.45) is 0 Å². The maximum absolute atomic E-state index is 13.4. The third-order valence-electron chi connectivity index (χ3n) is 6.18. The molecule has 4 heterocycles. The number of amides is 1. The Balaban J connectivity index is 1.40. The molecule has 36 heavy (non-hydrogen) atoms. The van der Waals surface area contributed by atoms with E-state index in [0.717, 1.165) is 9.86 Å². The van der Waals surface area contributed by atoms with Gasteiger partial charge in [-0.15, -0.1) is 5.10 Å². The number of aromatic nitrogens is 4. The van der Waals surface area contributed by atoms with Gasteiger partial charge in [0.1, 0.15) is 5.82 Å². The van der Waals surface area contributed by atoms with Gasteiger partial charge in [-0.05, 0) is 48.5 Å². The second-order valence-corrected chi connectivity index (χ2v) is 11.1. The van der Waals surface area contributed by atoms with Gasteiger partial charge in [-0.3, -0.25) is 4.79 Å². The molecule has 0 saturated carbocycles. The molecule has 1 aliphatic rings. The van der Waals surface area contributed by atoms with Crippen LogP contribution in [0.2, 0.25) is 0 Å². The number of sulfone groups is 1. The summed E-state index contributed by atoms with van der Waals surface area (Å²) in [4.78, 5) is 21.3. The molecule has 0 radical (unpaired) electrons. The van der Waals surface area contributed by atoms with Crippen LogP contribution in [0, 0.1) is 0 Å². The van der Waals surface area contributed by atoms with E-state index in [1.807, 2.05) is 24.3 Å². The summed E-state index contributed by atoms with van der Waals surface area (Å²) in [6, 6.07) is 17.2. The van der Waals surface area contributed by atoms with Crippen LogP contribution < -0.4 is 4.90 Å². The number of halogens is 1. The summed E-state index contributed by atoms with van der Waals surface area (Å²) in [5.74, 6) is 0.773. The zero-order chi connectivity index (χ0) is 24.9. The number of anilines is 1. The van der Waals surface area contributed by atoms with Crippen molar-refractivity contribution in [3.05, 3.63) is 77.2 Å². The number of benzene rings is 2. The smallest absolute Gasteiger partial charge is 0.289 e. The number of carbonyl (C=O) groups is 1. The van der Waals surface area contributed by atoms with E-state index >= 15 is 0 Å². The lowest BCUT2D eigenvalue weighted by atomic mass is 10.2. The fourth-order valence-corrected chi connectivity index (χ4v) is 5.84. The Hall–Kier alpha value is -3.77. The largest absolute Gasteiger partial charge is 0.459 e. The average Bonchev–Trinajstić information content (AvgIpc) is 3.59. The Kier molecular flexibility index (Phi) is 5.49. The lowest BCUT2D eigenvalue weighted by molar-refractivity contribution is 0.0714. The van der Waals surface area contributed by atoms with Crippen LogP contribution in [0.25, 0.3) is 16.6 Å². The lowest BCUT2D eigenvalue weighted by Gasteiger charge is -2.35. The molecule has 12 heteroatoms. The highest BCUT2D eigenvalue weighted by atomic mass is 79.9. The first kappa shape index (κ1) is 22.7. The Bertz CT molecular complexity index is 1690. The highest BCUT2D eigenvalue weighted by molar-refractivity contribution is 9.10. The van der Waals surface area contributed by atoms with Crippen molar-refractivity contribution < 1.29 is 17.6 Å². The highest BCUT2D eigenvalue weighted by Crippen LogP contribution is 2.30. The molecule has 0 unspecified atom stereocenters. The number of rotatable bonds is 4. The summed E-state index contributed by atoms with van der Waals surface area (Å²) in [5, 5.41) is 8.78. The van der Waals surface area contributed by atoms with E-state index in [-0.39, 0.29) is 21.5 Å². The normalized spacial score (nSPS) is 14.6. The van der Waals surface area contributed by atoms with Crippen LogP contribution in [0.15, 0.2) is 85.7 Å². The number of hydrogen-bond donors (Lipinski definition) is 0. The van der Waals surface area contributed by atoms with Gasteiger partial charge in [0.05, 0.1) is 16.7 Å². The number of para-hydroxylation sites is 1. The minimum absolute atomic E-state index is 0.106. The Morgan fingerprint density at radius 1 is 0.944 bits per heavy atom. The van der Waals surface area contributed by atoms with Crippen LogP contribution in [0.3, 0.4) is 0 Å². The van der Waals surface area contributed by atoms with Crippen molar-refractivity contribution in [3.63, 3.8) is 0 Å². The third-order valence-corrected chi connectivity index (χ3v) is 8.37. The molecular formula is C24H19BrN6O4S. The monoisotopic (exact) mass is 566 g/mol. The maximum atomic E-state index is 13.4. The van der Waals surface area contributed by atoms with Gasteiger partial charge in [-0.2, -0.15) is 4.52 Å². The topological polar surface area (TPSA) is 114 Å². The van der Waals surface area contributed by atoms with Crippen molar-refractivity contribution in [2.45, 2.75) is 9.92 Å². The number of hydrogen-bond acceptors (Lipinski definition) is 8. The fraction of sp³-hybridized carbons (Fsp3) is 0.167. The molecule has 182 valence electrons. The van der Waals surface area contributed by atoms with E-state index in [1.165, 1.54) is 22.9 Å². The van der Waals surface area contributed by atoms with Crippen molar-refractivity contribution in [3.8, 4) is 0 Å². The standard InChI is InChI=1S/C24H19BrN6O4S/c25-16-7-9-17(10-8-16)36(33,34)23-22-26-21(18-4-1-2-5-19(18)31(22)28-27-23)29-11-13-30(14-12-29)24(32)20-6-3-15-35-20/h1-10,15H,11-14H2. The van der Waals surface area contributed by atoms with E-state index in [9.17, 15) is 13.2 Å². The van der Waals surface area contributed by atoms with Gasteiger partial charge >= 0.3 is 0 Å².